The normalized spacial score (nSPS) is 14.6. The van der Waals surface area contributed by atoms with Crippen LogP contribution in [-0.4, -0.2) is 48.3 Å². The molecule has 6 nitrogen and oxygen atoms in total. The van der Waals surface area contributed by atoms with E-state index in [1.165, 1.54) is 0 Å². The van der Waals surface area contributed by atoms with Gasteiger partial charge >= 0.3 is 0 Å². The number of nitrogens with zero attached hydrogens (tertiary/aromatic N) is 5. The van der Waals surface area contributed by atoms with Crippen LogP contribution in [0.15, 0.2) is 30.3 Å². The van der Waals surface area contributed by atoms with E-state index in [2.05, 4.69) is 44.5 Å². The van der Waals surface area contributed by atoms with Crippen LogP contribution in [0.4, 0.5) is 15.9 Å². The molecular weight excluding hydrogens is 391 g/mol. The van der Waals surface area contributed by atoms with Gasteiger partial charge in [-0.15, -0.1) is 5.10 Å². The first-order valence-electron chi connectivity index (χ1n) is 10.5. The highest BCUT2D eigenvalue weighted by atomic mass is 19.1. The third-order valence-electron chi connectivity index (χ3n) is 6.16. The lowest BCUT2D eigenvalue weighted by Gasteiger charge is -2.35. The van der Waals surface area contributed by atoms with E-state index in [9.17, 15) is 9.65 Å². The molecular formula is C24H27FN6. The Morgan fingerprint density at radius 2 is 1.84 bits per heavy atom. The number of hydrogen-bond donors (Lipinski definition) is 1. The molecule has 2 aromatic carbocycles. The largest absolute Gasteiger partial charge is 0.369 e. The molecule has 0 radical (unpaired) electrons. The van der Waals surface area contributed by atoms with Crippen molar-refractivity contribution in [2.45, 2.75) is 27.1 Å². The summed E-state index contributed by atoms with van der Waals surface area (Å²) in [6.07, 6.45) is 0. The number of aryl methyl sites for hydroxylation is 1. The molecule has 0 aliphatic carbocycles. The molecule has 0 amide bonds. The van der Waals surface area contributed by atoms with Gasteiger partial charge < -0.3 is 15.1 Å². The lowest BCUT2D eigenvalue weighted by molar-refractivity contribution is 0.312. The first-order valence-corrected chi connectivity index (χ1v) is 10.5. The Balaban J connectivity index is 1.71. The highest BCUT2D eigenvalue weighted by Crippen LogP contribution is 2.33. The number of halogens is 1. The van der Waals surface area contributed by atoms with Gasteiger partial charge in [-0.05, 0) is 50.2 Å². The van der Waals surface area contributed by atoms with E-state index in [0.717, 1.165) is 59.5 Å². The van der Waals surface area contributed by atoms with Crippen molar-refractivity contribution in [3.63, 3.8) is 0 Å². The number of hydrogen-bond acceptors (Lipinski definition) is 6. The molecule has 1 N–H and O–H groups in total. The van der Waals surface area contributed by atoms with Gasteiger partial charge in [0, 0.05) is 54.7 Å². The SMILES string of the molecule is Cc1c(C#N)cccc1CNc1nnc(C)c2cc(CF)c(N3CCN(C)CC3)cc12. The van der Waals surface area contributed by atoms with E-state index in [1.54, 1.807) is 0 Å². The van der Waals surface area contributed by atoms with E-state index >= 15 is 0 Å². The lowest BCUT2D eigenvalue weighted by atomic mass is 10.0. The van der Waals surface area contributed by atoms with E-state index < -0.39 is 6.67 Å². The molecule has 0 atom stereocenters. The fraction of sp³-hybridized carbons (Fsp3) is 0.375. The van der Waals surface area contributed by atoms with Crippen LogP contribution in [0.2, 0.25) is 0 Å². The van der Waals surface area contributed by atoms with Crippen molar-refractivity contribution < 1.29 is 4.39 Å². The Labute approximate surface area is 182 Å². The second-order valence-electron chi connectivity index (χ2n) is 8.14. The minimum atomic E-state index is -0.512. The third kappa shape index (κ3) is 4.17. The molecule has 7 heteroatoms. The minimum absolute atomic E-state index is 0.512. The van der Waals surface area contributed by atoms with Gasteiger partial charge in [0.25, 0.3) is 0 Å². The lowest BCUT2D eigenvalue weighted by Crippen LogP contribution is -2.44. The maximum Gasteiger partial charge on any atom is 0.156 e. The number of nitriles is 1. The second-order valence-corrected chi connectivity index (χ2v) is 8.14. The van der Waals surface area contributed by atoms with Crippen LogP contribution in [0.5, 0.6) is 0 Å². The molecule has 160 valence electrons. The first-order chi connectivity index (χ1) is 15.0. The monoisotopic (exact) mass is 418 g/mol. The van der Waals surface area contributed by atoms with Gasteiger partial charge in [-0.25, -0.2) is 4.39 Å². The Kier molecular flexibility index (Phi) is 6.01. The van der Waals surface area contributed by atoms with Crippen molar-refractivity contribution in [2.75, 3.05) is 43.4 Å². The molecule has 31 heavy (non-hydrogen) atoms. The summed E-state index contributed by atoms with van der Waals surface area (Å²) in [7, 11) is 2.11. The summed E-state index contributed by atoms with van der Waals surface area (Å²) >= 11 is 0. The number of fused-ring (bicyclic) bond motifs is 1. The zero-order chi connectivity index (χ0) is 22.0. The first kappa shape index (κ1) is 21.0. The predicted molar refractivity (Wildman–Crippen MR) is 122 cm³/mol. The topological polar surface area (TPSA) is 68.1 Å². The van der Waals surface area contributed by atoms with Crippen LogP contribution in [0.1, 0.15) is 27.9 Å². The maximum absolute atomic E-state index is 13.9. The maximum atomic E-state index is 13.9. The van der Waals surface area contributed by atoms with Crippen molar-refractivity contribution >= 4 is 22.3 Å². The van der Waals surface area contributed by atoms with Crippen molar-refractivity contribution in [2.24, 2.45) is 0 Å². The smallest absolute Gasteiger partial charge is 0.156 e. The van der Waals surface area contributed by atoms with Crippen molar-refractivity contribution in [1.29, 1.82) is 5.26 Å². The van der Waals surface area contributed by atoms with Crippen molar-refractivity contribution in [3.05, 3.63) is 58.3 Å². The summed E-state index contributed by atoms with van der Waals surface area (Å²) in [6, 6.07) is 11.9. The van der Waals surface area contributed by atoms with Gasteiger partial charge in [0.15, 0.2) is 5.82 Å². The average molecular weight is 419 g/mol. The zero-order valence-electron chi connectivity index (χ0n) is 18.2. The summed E-state index contributed by atoms with van der Waals surface area (Å²) < 4.78 is 13.9. The molecule has 1 aliphatic heterocycles. The number of aromatic nitrogens is 2. The number of likely N-dealkylation sites (N-methyl/N-ethyl adjacent to an activating group) is 1. The number of rotatable bonds is 5. The summed E-state index contributed by atoms with van der Waals surface area (Å²) in [5, 5.41) is 23.2. The van der Waals surface area contributed by atoms with Gasteiger partial charge in [0.1, 0.15) is 6.67 Å². The predicted octanol–water partition coefficient (Wildman–Crippen LogP) is 3.95. The molecule has 3 aromatic rings. The standard InChI is InChI=1S/C24H27FN6/c1-16-18(14-26)5-4-6-19(16)15-27-24-22-12-23(31-9-7-30(3)8-10-31)20(13-25)11-21(22)17(2)28-29-24/h4-6,11-12H,7-10,13,15H2,1-3H3,(H,27,29). The molecule has 1 saturated heterocycles. The van der Waals surface area contributed by atoms with E-state index in [1.807, 2.05) is 38.1 Å². The van der Waals surface area contributed by atoms with Gasteiger partial charge in [-0.2, -0.15) is 10.4 Å². The Bertz CT molecular complexity index is 1140. The van der Waals surface area contributed by atoms with E-state index in [-0.39, 0.29) is 0 Å². The number of anilines is 2. The Hall–Kier alpha value is -3.24. The molecule has 1 aromatic heterocycles. The highest BCUT2D eigenvalue weighted by molar-refractivity contribution is 5.96. The van der Waals surface area contributed by atoms with Crippen LogP contribution in [0.3, 0.4) is 0 Å². The highest BCUT2D eigenvalue weighted by Gasteiger charge is 2.20. The van der Waals surface area contributed by atoms with Gasteiger partial charge in [-0.1, -0.05) is 12.1 Å². The summed E-state index contributed by atoms with van der Waals surface area (Å²) in [5.41, 5.74) is 5.07. The molecule has 0 saturated carbocycles. The van der Waals surface area contributed by atoms with Crippen LogP contribution in [0, 0.1) is 25.2 Å². The molecule has 2 heterocycles. The van der Waals surface area contributed by atoms with Crippen LogP contribution >= 0.6 is 0 Å². The summed E-state index contributed by atoms with van der Waals surface area (Å²) in [6.45, 7) is 7.52. The molecule has 1 fully saturated rings. The Morgan fingerprint density at radius 1 is 1.06 bits per heavy atom. The number of benzene rings is 2. The zero-order valence-corrected chi connectivity index (χ0v) is 18.2. The van der Waals surface area contributed by atoms with Crippen LogP contribution in [-0.2, 0) is 13.2 Å². The molecule has 0 unspecified atom stereocenters. The third-order valence-corrected chi connectivity index (χ3v) is 6.16. The van der Waals surface area contributed by atoms with Gasteiger partial charge in [0.05, 0.1) is 17.3 Å². The van der Waals surface area contributed by atoms with E-state index in [0.29, 0.717) is 23.5 Å². The summed E-state index contributed by atoms with van der Waals surface area (Å²) in [5.74, 6) is 0.670. The quantitative estimate of drug-likeness (QED) is 0.677. The number of nitrogens with one attached hydrogen (secondary N) is 1. The molecule has 4 rings (SSSR count). The van der Waals surface area contributed by atoms with E-state index in [4.69, 9.17) is 0 Å². The average Bonchev–Trinajstić information content (AvgIpc) is 2.79. The molecule has 1 aliphatic rings. The van der Waals surface area contributed by atoms with Crippen LogP contribution < -0.4 is 10.2 Å². The second kappa shape index (κ2) is 8.86. The Morgan fingerprint density at radius 3 is 2.55 bits per heavy atom. The van der Waals surface area contributed by atoms with Crippen molar-refractivity contribution in [1.82, 2.24) is 15.1 Å². The van der Waals surface area contributed by atoms with Crippen molar-refractivity contribution in [3.8, 4) is 6.07 Å². The van der Waals surface area contributed by atoms with Gasteiger partial charge in [-0.3, -0.25) is 0 Å². The molecule has 0 bridgehead atoms. The van der Waals surface area contributed by atoms with Crippen LogP contribution in [0.25, 0.3) is 10.8 Å². The minimum Gasteiger partial charge on any atom is -0.369 e. The number of alkyl halides is 1. The summed E-state index contributed by atoms with van der Waals surface area (Å²) in [4.78, 5) is 4.54. The molecule has 0 spiro atoms. The van der Waals surface area contributed by atoms with Gasteiger partial charge in [0.2, 0.25) is 0 Å². The number of piperazine rings is 1. The fourth-order valence-electron chi connectivity index (χ4n) is 4.12. The fourth-order valence-corrected chi connectivity index (χ4v) is 4.12.